The van der Waals surface area contributed by atoms with E-state index in [9.17, 15) is 19.2 Å². The van der Waals surface area contributed by atoms with Crippen LogP contribution in [0.5, 0.6) is 0 Å². The molecule has 160 valence electrons. The molecule has 2 heterocycles. The van der Waals surface area contributed by atoms with Gasteiger partial charge in [-0.05, 0) is 25.7 Å². The van der Waals surface area contributed by atoms with Gasteiger partial charge in [0.15, 0.2) is 10.3 Å². The zero-order valence-electron chi connectivity index (χ0n) is 16.3. The first-order valence-electron chi connectivity index (χ1n) is 9.11. The molecule has 0 spiro atoms. The van der Waals surface area contributed by atoms with Crippen LogP contribution in [0.2, 0.25) is 0 Å². The zero-order chi connectivity index (χ0) is 21.7. The van der Waals surface area contributed by atoms with E-state index < -0.39 is 11.9 Å². The molecule has 2 N–H and O–H groups in total. The van der Waals surface area contributed by atoms with Gasteiger partial charge in [0.1, 0.15) is 9.75 Å². The van der Waals surface area contributed by atoms with Gasteiger partial charge >= 0.3 is 11.9 Å². The van der Waals surface area contributed by atoms with Crippen molar-refractivity contribution >= 4 is 56.7 Å². The summed E-state index contributed by atoms with van der Waals surface area (Å²) in [6.07, 6.45) is 4.96. The summed E-state index contributed by atoms with van der Waals surface area (Å²) in [5.74, 6) is -1.82. The lowest BCUT2D eigenvalue weighted by molar-refractivity contribution is -0.125. The predicted octanol–water partition coefficient (Wildman–Crippen LogP) is 2.56. The molecule has 3 rings (SSSR count). The number of nitrogens with one attached hydrogen (secondary N) is 2. The normalized spacial score (nSPS) is 18.3. The molecule has 2 aromatic rings. The van der Waals surface area contributed by atoms with E-state index in [4.69, 9.17) is 0 Å². The Balaban J connectivity index is 1.48. The average Bonchev–Trinajstić information content (AvgIpc) is 3.42. The largest absolute Gasteiger partial charge is 0.465 e. The minimum Gasteiger partial charge on any atom is -0.465 e. The van der Waals surface area contributed by atoms with Crippen LogP contribution >= 0.6 is 22.7 Å². The van der Waals surface area contributed by atoms with Crippen molar-refractivity contribution in [2.24, 2.45) is 11.8 Å². The lowest BCUT2D eigenvalue weighted by Crippen LogP contribution is -2.31. The molecule has 0 aliphatic heterocycles. The Morgan fingerprint density at radius 1 is 0.800 bits per heavy atom. The molecule has 0 bridgehead atoms. The van der Waals surface area contributed by atoms with Gasteiger partial charge in [-0.3, -0.25) is 9.59 Å². The highest BCUT2D eigenvalue weighted by atomic mass is 32.1. The number of ether oxygens (including phenoxy) is 2. The van der Waals surface area contributed by atoms with E-state index in [0.717, 1.165) is 22.7 Å². The van der Waals surface area contributed by atoms with Crippen molar-refractivity contribution in [1.29, 1.82) is 0 Å². The number of carbonyl (C=O) groups is 4. The second-order valence-electron chi connectivity index (χ2n) is 6.57. The highest BCUT2D eigenvalue weighted by Crippen LogP contribution is 2.31. The number of anilines is 2. The van der Waals surface area contributed by atoms with Crippen molar-refractivity contribution in [3.05, 3.63) is 22.1 Å². The van der Waals surface area contributed by atoms with Crippen molar-refractivity contribution in [2.75, 3.05) is 24.9 Å². The summed E-state index contributed by atoms with van der Waals surface area (Å²) in [6.45, 7) is 0. The summed E-state index contributed by atoms with van der Waals surface area (Å²) >= 11 is 2.10. The number of hydrogen-bond donors (Lipinski definition) is 2. The number of hydrogen-bond acceptors (Lipinski definition) is 10. The Morgan fingerprint density at radius 3 is 1.50 bits per heavy atom. The number of aromatic nitrogens is 2. The standard InChI is InChI=1S/C18H20N4O6S2/c1-27-15(25)11-7-19-17(29-11)21-13(23)9-3-5-10(6-4-9)14(24)22-18-20-8-12(30-18)16(26)28-2/h7-10H,3-6H2,1-2H3,(H,19,21,23)(H,20,22,24). The molecule has 0 saturated heterocycles. The van der Waals surface area contributed by atoms with E-state index in [1.54, 1.807) is 0 Å². The summed E-state index contributed by atoms with van der Waals surface area (Å²) in [6, 6.07) is 0. The molecule has 2 aromatic heterocycles. The summed E-state index contributed by atoms with van der Waals surface area (Å²) in [7, 11) is 2.56. The van der Waals surface area contributed by atoms with Crippen LogP contribution in [-0.2, 0) is 19.1 Å². The van der Waals surface area contributed by atoms with E-state index in [1.807, 2.05) is 0 Å². The molecule has 12 heteroatoms. The second-order valence-corrected chi connectivity index (χ2v) is 8.63. The first-order chi connectivity index (χ1) is 14.4. The van der Waals surface area contributed by atoms with Crippen molar-refractivity contribution in [3.8, 4) is 0 Å². The summed E-state index contributed by atoms with van der Waals surface area (Å²) < 4.78 is 9.24. The molecule has 0 radical (unpaired) electrons. The Morgan fingerprint density at radius 2 is 1.17 bits per heavy atom. The fourth-order valence-electron chi connectivity index (χ4n) is 3.09. The number of nitrogens with zero attached hydrogens (tertiary/aromatic N) is 2. The van der Waals surface area contributed by atoms with Crippen molar-refractivity contribution in [1.82, 2.24) is 9.97 Å². The maximum atomic E-state index is 12.5. The molecule has 30 heavy (non-hydrogen) atoms. The van der Waals surface area contributed by atoms with Crippen LogP contribution in [0.1, 0.15) is 45.0 Å². The first-order valence-corrected chi connectivity index (χ1v) is 10.7. The topological polar surface area (TPSA) is 137 Å². The van der Waals surface area contributed by atoms with Gasteiger partial charge in [-0.15, -0.1) is 0 Å². The molecule has 0 atom stereocenters. The minimum absolute atomic E-state index is 0.178. The molecule has 2 amide bonds. The Labute approximate surface area is 180 Å². The van der Waals surface area contributed by atoms with Crippen LogP contribution in [0.15, 0.2) is 12.4 Å². The third-order valence-corrected chi connectivity index (χ3v) is 6.50. The summed E-state index contributed by atoms with van der Waals surface area (Å²) in [5.41, 5.74) is 0. The Hall–Kier alpha value is -2.86. The third kappa shape index (κ3) is 5.19. The van der Waals surface area contributed by atoms with Gasteiger partial charge in [-0.25, -0.2) is 19.6 Å². The molecule has 1 aliphatic rings. The fourth-order valence-corrected chi connectivity index (χ4v) is 4.56. The number of amides is 2. The van der Waals surface area contributed by atoms with Crippen LogP contribution in [0.4, 0.5) is 10.3 Å². The number of rotatable bonds is 6. The van der Waals surface area contributed by atoms with E-state index in [-0.39, 0.29) is 23.7 Å². The number of methoxy groups -OCH3 is 2. The van der Waals surface area contributed by atoms with Crippen molar-refractivity contribution in [2.45, 2.75) is 25.7 Å². The molecule has 1 saturated carbocycles. The summed E-state index contributed by atoms with van der Waals surface area (Å²) in [4.78, 5) is 56.5. The molecule has 10 nitrogen and oxygen atoms in total. The fraction of sp³-hybridized carbons (Fsp3) is 0.444. The van der Waals surface area contributed by atoms with E-state index in [1.165, 1.54) is 26.6 Å². The van der Waals surface area contributed by atoms with Crippen LogP contribution in [0.25, 0.3) is 0 Å². The highest BCUT2D eigenvalue weighted by molar-refractivity contribution is 7.17. The lowest BCUT2D eigenvalue weighted by Gasteiger charge is -2.26. The molecule has 0 aromatic carbocycles. The second kappa shape index (κ2) is 9.76. The third-order valence-electron chi connectivity index (χ3n) is 4.71. The van der Waals surface area contributed by atoms with E-state index in [2.05, 4.69) is 30.1 Å². The number of thiazole rings is 2. The van der Waals surface area contributed by atoms with E-state index >= 15 is 0 Å². The van der Waals surface area contributed by atoms with Crippen LogP contribution in [-0.4, -0.2) is 47.9 Å². The van der Waals surface area contributed by atoms with Crippen LogP contribution in [0.3, 0.4) is 0 Å². The number of esters is 2. The SMILES string of the molecule is COC(=O)c1cnc(NC(=O)C2CCC(C(=O)Nc3ncc(C(=O)OC)s3)CC2)s1. The Bertz CT molecular complexity index is 872. The predicted molar refractivity (Wildman–Crippen MR) is 110 cm³/mol. The van der Waals surface area contributed by atoms with Crippen molar-refractivity contribution < 1.29 is 28.7 Å². The van der Waals surface area contributed by atoms with Gasteiger partial charge in [-0.2, -0.15) is 0 Å². The summed E-state index contributed by atoms with van der Waals surface area (Å²) in [5, 5.41) is 6.12. The smallest absolute Gasteiger partial charge is 0.349 e. The number of carbonyl (C=O) groups excluding carboxylic acids is 4. The average molecular weight is 453 g/mol. The van der Waals surface area contributed by atoms with Crippen molar-refractivity contribution in [3.63, 3.8) is 0 Å². The monoisotopic (exact) mass is 452 g/mol. The van der Waals surface area contributed by atoms with Crippen LogP contribution < -0.4 is 10.6 Å². The lowest BCUT2D eigenvalue weighted by atomic mass is 9.81. The molecular weight excluding hydrogens is 432 g/mol. The molecule has 1 aliphatic carbocycles. The maximum Gasteiger partial charge on any atom is 0.349 e. The van der Waals surface area contributed by atoms with Gasteiger partial charge in [0.05, 0.1) is 26.6 Å². The molecular formula is C18H20N4O6S2. The van der Waals surface area contributed by atoms with Gasteiger partial charge in [0.25, 0.3) is 0 Å². The maximum absolute atomic E-state index is 12.5. The Kier molecular flexibility index (Phi) is 7.11. The first kappa shape index (κ1) is 21.8. The van der Waals surface area contributed by atoms with Crippen LogP contribution in [0, 0.1) is 11.8 Å². The minimum atomic E-state index is -0.501. The van der Waals surface area contributed by atoms with Gasteiger partial charge in [-0.1, -0.05) is 22.7 Å². The molecule has 0 unspecified atom stereocenters. The zero-order valence-corrected chi connectivity index (χ0v) is 17.9. The van der Waals surface area contributed by atoms with Gasteiger partial charge in [0, 0.05) is 11.8 Å². The highest BCUT2D eigenvalue weighted by Gasteiger charge is 2.31. The quantitative estimate of drug-likeness (QED) is 0.638. The molecule has 1 fully saturated rings. The van der Waals surface area contributed by atoms with Gasteiger partial charge in [0.2, 0.25) is 11.8 Å². The van der Waals surface area contributed by atoms with Gasteiger partial charge < -0.3 is 20.1 Å². The van der Waals surface area contributed by atoms with E-state index in [0.29, 0.717) is 45.7 Å².